The summed E-state index contributed by atoms with van der Waals surface area (Å²) in [6.07, 6.45) is -0.480. The van der Waals surface area contributed by atoms with Gasteiger partial charge in [0.25, 0.3) is 15.9 Å². The molecule has 0 aromatic heterocycles. The summed E-state index contributed by atoms with van der Waals surface area (Å²) in [7, 11) is -4.67. The Kier molecular flexibility index (Phi) is 9.61. The van der Waals surface area contributed by atoms with Crippen molar-refractivity contribution in [2.45, 2.75) is 42.7 Å². The Hall–Kier alpha value is -3.45. The second-order valence-corrected chi connectivity index (χ2v) is 14.1. The van der Waals surface area contributed by atoms with Crippen LogP contribution in [0.1, 0.15) is 29.8 Å². The lowest BCUT2D eigenvalue weighted by molar-refractivity contribution is 0.0212. The average Bonchev–Trinajstić information content (AvgIpc) is 2.96. The normalized spacial score (nSPS) is 21.0. The summed E-state index contributed by atoms with van der Waals surface area (Å²) in [5.74, 6) is -0.465. The van der Waals surface area contributed by atoms with Gasteiger partial charge in [0.1, 0.15) is 12.4 Å². The van der Waals surface area contributed by atoms with Crippen molar-refractivity contribution in [3.63, 3.8) is 0 Å². The number of aryl methyl sites for hydroxylation is 1. The van der Waals surface area contributed by atoms with E-state index in [-0.39, 0.29) is 52.4 Å². The summed E-state index contributed by atoms with van der Waals surface area (Å²) in [6, 6.07) is 18.7. The van der Waals surface area contributed by atoms with Crippen LogP contribution in [0.15, 0.2) is 82.6 Å². The molecule has 3 atom stereocenters. The van der Waals surface area contributed by atoms with Crippen molar-refractivity contribution in [2.75, 3.05) is 38.6 Å². The zero-order valence-electron chi connectivity index (χ0n) is 24.4. The van der Waals surface area contributed by atoms with Crippen LogP contribution in [0.25, 0.3) is 0 Å². The van der Waals surface area contributed by atoms with Crippen molar-refractivity contribution in [1.29, 1.82) is 0 Å². The number of methoxy groups -OCH3 is 1. The van der Waals surface area contributed by atoms with Crippen molar-refractivity contribution >= 4 is 31.6 Å². The lowest BCUT2D eigenvalue weighted by Crippen LogP contribution is -2.48. The molecule has 226 valence electrons. The number of ether oxygens (including phenoxy) is 2. The molecule has 3 aromatic carbocycles. The number of amides is 1. The molecule has 3 aromatic rings. The minimum Gasteiger partial charge on any atom is -0.491 e. The van der Waals surface area contributed by atoms with Gasteiger partial charge in [0.15, 0.2) is 0 Å². The number of sulfonamides is 2. The van der Waals surface area contributed by atoms with Crippen LogP contribution >= 0.6 is 0 Å². The number of likely N-dealkylation sites (N-methyl/N-ethyl adjacent to an activating group) is 1. The quantitative estimate of drug-likeness (QED) is 0.445. The van der Waals surface area contributed by atoms with Gasteiger partial charge in [0, 0.05) is 32.9 Å². The first-order valence-electron chi connectivity index (χ1n) is 13.6. The van der Waals surface area contributed by atoms with E-state index in [1.807, 2.05) is 6.92 Å². The third kappa shape index (κ3) is 6.78. The Balaban J connectivity index is 1.72. The second kappa shape index (κ2) is 12.8. The molecule has 12 heteroatoms. The highest BCUT2D eigenvalue weighted by Gasteiger charge is 2.35. The zero-order chi connectivity index (χ0) is 30.7. The summed E-state index contributed by atoms with van der Waals surface area (Å²) in [6.45, 7) is 5.60. The fourth-order valence-corrected chi connectivity index (χ4v) is 7.97. The molecule has 4 rings (SSSR count). The molecule has 0 radical (unpaired) electrons. The standard InChI is InChI=1S/C30H37N3O7S2/c1-21-11-9-10-14-29(21)41(35,36)31-24-15-16-27-26(17-24)30(34)32(4)19-28(39-5)22(2)18-33(23(3)20-40-27)42(37,38)25-12-7-6-8-13-25/h6-17,22-23,28,31H,18-20H2,1-5H3/t22-,23-,28-/m1/s1. The Labute approximate surface area is 248 Å². The van der Waals surface area contributed by atoms with E-state index in [1.54, 1.807) is 69.4 Å². The minimum atomic E-state index is -3.93. The number of anilines is 1. The number of hydrogen-bond donors (Lipinski definition) is 1. The number of fused-ring (bicyclic) bond motifs is 1. The lowest BCUT2D eigenvalue weighted by atomic mass is 10.0. The van der Waals surface area contributed by atoms with E-state index in [0.717, 1.165) is 0 Å². The maximum absolute atomic E-state index is 13.7. The third-order valence-corrected chi connectivity index (χ3v) is 10.9. The Morgan fingerprint density at radius 2 is 1.60 bits per heavy atom. The molecule has 0 unspecified atom stereocenters. The predicted molar refractivity (Wildman–Crippen MR) is 161 cm³/mol. The first-order chi connectivity index (χ1) is 19.8. The Morgan fingerprint density at radius 3 is 2.26 bits per heavy atom. The maximum Gasteiger partial charge on any atom is 0.262 e. The van der Waals surface area contributed by atoms with Crippen LogP contribution in [0.3, 0.4) is 0 Å². The van der Waals surface area contributed by atoms with Crippen LogP contribution in [-0.4, -0.2) is 77.9 Å². The van der Waals surface area contributed by atoms with Gasteiger partial charge in [-0.1, -0.05) is 43.3 Å². The molecule has 0 fully saturated rings. The first-order valence-corrected chi connectivity index (χ1v) is 16.5. The summed E-state index contributed by atoms with van der Waals surface area (Å²) in [5, 5.41) is 0. The van der Waals surface area contributed by atoms with E-state index in [0.29, 0.717) is 5.56 Å². The predicted octanol–water partition coefficient (Wildman–Crippen LogP) is 3.99. The van der Waals surface area contributed by atoms with Crippen LogP contribution in [0.2, 0.25) is 0 Å². The van der Waals surface area contributed by atoms with Crippen molar-refractivity contribution in [3.05, 3.63) is 83.9 Å². The van der Waals surface area contributed by atoms with Gasteiger partial charge in [0.05, 0.1) is 27.5 Å². The molecule has 0 bridgehead atoms. The number of carbonyl (C=O) groups excluding carboxylic acids is 1. The first kappa shape index (κ1) is 31.5. The van der Waals surface area contributed by atoms with Crippen LogP contribution in [-0.2, 0) is 24.8 Å². The highest BCUT2D eigenvalue weighted by molar-refractivity contribution is 7.92. The van der Waals surface area contributed by atoms with E-state index in [9.17, 15) is 21.6 Å². The third-order valence-electron chi connectivity index (χ3n) is 7.37. The van der Waals surface area contributed by atoms with Gasteiger partial charge >= 0.3 is 0 Å². The van der Waals surface area contributed by atoms with Crippen LogP contribution < -0.4 is 9.46 Å². The molecule has 0 aliphatic carbocycles. The number of carbonyl (C=O) groups is 1. The molecule has 0 saturated carbocycles. The fourth-order valence-electron chi connectivity index (χ4n) is 4.94. The van der Waals surface area contributed by atoms with Gasteiger partial charge in [-0.2, -0.15) is 4.31 Å². The Bertz CT molecular complexity index is 1630. The topological polar surface area (TPSA) is 122 Å². The number of rotatable bonds is 6. The minimum absolute atomic E-state index is 0.0469. The molecule has 42 heavy (non-hydrogen) atoms. The lowest BCUT2D eigenvalue weighted by Gasteiger charge is -2.35. The summed E-state index contributed by atoms with van der Waals surface area (Å²) >= 11 is 0. The number of hydrogen-bond acceptors (Lipinski definition) is 7. The highest BCUT2D eigenvalue weighted by atomic mass is 32.2. The van der Waals surface area contributed by atoms with Gasteiger partial charge in [-0.15, -0.1) is 0 Å². The molecule has 1 aliphatic rings. The molecule has 1 N–H and O–H groups in total. The summed E-state index contributed by atoms with van der Waals surface area (Å²) in [5.41, 5.74) is 0.904. The largest absolute Gasteiger partial charge is 0.491 e. The SMILES string of the molecule is CO[C@@H]1CN(C)C(=O)c2cc(NS(=O)(=O)c3ccccc3C)ccc2OC[C@@H](C)N(S(=O)(=O)c2ccccc2)C[C@H]1C. The van der Waals surface area contributed by atoms with Crippen LogP contribution in [0, 0.1) is 12.8 Å². The second-order valence-electron chi connectivity index (χ2n) is 10.6. The van der Waals surface area contributed by atoms with Crippen molar-refractivity contribution in [2.24, 2.45) is 5.92 Å². The molecule has 0 saturated heterocycles. The van der Waals surface area contributed by atoms with Gasteiger partial charge < -0.3 is 14.4 Å². The van der Waals surface area contributed by atoms with Gasteiger partial charge in [0.2, 0.25) is 10.0 Å². The van der Waals surface area contributed by atoms with E-state index < -0.39 is 38.1 Å². The van der Waals surface area contributed by atoms with Crippen molar-refractivity contribution < 1.29 is 31.1 Å². The van der Waals surface area contributed by atoms with E-state index in [2.05, 4.69) is 4.72 Å². The average molecular weight is 616 g/mol. The van der Waals surface area contributed by atoms with Gasteiger partial charge in [-0.05, 0) is 61.7 Å². The number of benzene rings is 3. The maximum atomic E-state index is 13.7. The number of nitrogens with zero attached hydrogens (tertiary/aromatic N) is 2. The Morgan fingerprint density at radius 1 is 0.929 bits per heavy atom. The smallest absolute Gasteiger partial charge is 0.262 e. The van der Waals surface area contributed by atoms with Crippen LogP contribution in [0.5, 0.6) is 5.75 Å². The van der Waals surface area contributed by atoms with Crippen molar-refractivity contribution in [3.8, 4) is 5.75 Å². The van der Waals surface area contributed by atoms with Crippen molar-refractivity contribution in [1.82, 2.24) is 9.21 Å². The van der Waals surface area contributed by atoms with E-state index in [1.165, 1.54) is 40.6 Å². The van der Waals surface area contributed by atoms with Crippen LogP contribution in [0.4, 0.5) is 5.69 Å². The molecule has 10 nitrogen and oxygen atoms in total. The highest BCUT2D eigenvalue weighted by Crippen LogP contribution is 2.29. The summed E-state index contributed by atoms with van der Waals surface area (Å²) < 4.78 is 69.5. The van der Waals surface area contributed by atoms with E-state index >= 15 is 0 Å². The van der Waals surface area contributed by atoms with Gasteiger partial charge in [-0.25, -0.2) is 16.8 Å². The molecular formula is C30H37N3O7S2. The molecule has 1 aliphatic heterocycles. The zero-order valence-corrected chi connectivity index (χ0v) is 26.0. The van der Waals surface area contributed by atoms with E-state index in [4.69, 9.17) is 9.47 Å². The molecule has 0 spiro atoms. The fraction of sp³-hybridized carbons (Fsp3) is 0.367. The number of nitrogens with one attached hydrogen (secondary N) is 1. The molecular weight excluding hydrogens is 578 g/mol. The molecule has 1 amide bonds. The summed E-state index contributed by atoms with van der Waals surface area (Å²) in [4.78, 5) is 15.4. The molecule has 1 heterocycles. The van der Waals surface area contributed by atoms with Gasteiger partial charge in [-0.3, -0.25) is 9.52 Å². The monoisotopic (exact) mass is 615 g/mol.